The fourth-order valence-electron chi connectivity index (χ4n) is 2.32. The fourth-order valence-corrected chi connectivity index (χ4v) is 2.32. The van der Waals surface area contributed by atoms with Gasteiger partial charge in [-0.05, 0) is 23.3 Å². The maximum Gasteiger partial charge on any atom is 0.407 e. The third-order valence-electron chi connectivity index (χ3n) is 3.50. The minimum Gasteiger partial charge on any atom is -0.493 e. The Morgan fingerprint density at radius 1 is 1.18 bits per heavy atom. The van der Waals surface area contributed by atoms with Gasteiger partial charge in [-0.15, -0.1) is 0 Å². The molecule has 0 aliphatic carbocycles. The van der Waals surface area contributed by atoms with Crippen molar-refractivity contribution in [1.82, 2.24) is 5.32 Å². The van der Waals surface area contributed by atoms with Gasteiger partial charge < -0.3 is 19.5 Å². The highest BCUT2D eigenvalue weighted by molar-refractivity contribution is 5.70. The van der Waals surface area contributed by atoms with Gasteiger partial charge in [-0.2, -0.15) is 0 Å². The second kappa shape index (κ2) is 6.39. The van der Waals surface area contributed by atoms with E-state index in [1.165, 1.54) is 0 Å². The molecule has 3 rings (SSSR count). The van der Waals surface area contributed by atoms with Crippen LogP contribution in [0.25, 0.3) is 0 Å². The summed E-state index contributed by atoms with van der Waals surface area (Å²) < 4.78 is 16.1. The van der Waals surface area contributed by atoms with Crippen LogP contribution >= 0.6 is 0 Å². The predicted octanol–water partition coefficient (Wildman–Crippen LogP) is 3.06. The highest BCUT2D eigenvalue weighted by atomic mass is 16.6. The van der Waals surface area contributed by atoms with Gasteiger partial charge in [0.2, 0.25) is 0 Å². The number of benzene rings is 2. The number of hydrogen-bond acceptors (Lipinski definition) is 4. The SMILES string of the molecule is COc1ccc([C@H]2COC(=O)N2)cc1OCc1ccccc1. The molecular weight excluding hydrogens is 282 g/mol. The molecule has 0 spiro atoms. The average Bonchev–Trinajstić information content (AvgIpc) is 3.00. The lowest BCUT2D eigenvalue weighted by molar-refractivity contribution is 0.177. The number of amides is 1. The zero-order valence-electron chi connectivity index (χ0n) is 12.2. The molecule has 5 heteroatoms. The highest BCUT2D eigenvalue weighted by Crippen LogP contribution is 2.32. The van der Waals surface area contributed by atoms with Crippen molar-refractivity contribution >= 4 is 6.09 Å². The molecule has 1 fully saturated rings. The van der Waals surface area contributed by atoms with Crippen LogP contribution in [0.2, 0.25) is 0 Å². The predicted molar refractivity (Wildman–Crippen MR) is 81.0 cm³/mol. The Bertz CT molecular complexity index is 657. The molecule has 5 nitrogen and oxygen atoms in total. The number of alkyl carbamates (subject to hydrolysis) is 1. The van der Waals surface area contributed by atoms with Gasteiger partial charge in [-0.1, -0.05) is 36.4 Å². The van der Waals surface area contributed by atoms with E-state index < -0.39 is 6.09 Å². The van der Waals surface area contributed by atoms with Crippen LogP contribution in [-0.2, 0) is 11.3 Å². The molecule has 1 N–H and O–H groups in total. The first-order valence-electron chi connectivity index (χ1n) is 7.04. The monoisotopic (exact) mass is 299 g/mol. The summed E-state index contributed by atoms with van der Waals surface area (Å²) in [6.45, 7) is 0.775. The third-order valence-corrected chi connectivity index (χ3v) is 3.50. The molecule has 0 bridgehead atoms. The Hall–Kier alpha value is -2.69. The van der Waals surface area contributed by atoms with E-state index in [0.29, 0.717) is 24.7 Å². The van der Waals surface area contributed by atoms with Gasteiger partial charge in [0.1, 0.15) is 13.2 Å². The molecule has 1 aliphatic heterocycles. The van der Waals surface area contributed by atoms with E-state index >= 15 is 0 Å². The third kappa shape index (κ3) is 3.14. The Morgan fingerprint density at radius 3 is 2.68 bits per heavy atom. The molecule has 0 unspecified atom stereocenters. The number of hydrogen-bond donors (Lipinski definition) is 1. The molecule has 0 aromatic heterocycles. The number of carbonyl (C=O) groups is 1. The van der Waals surface area contributed by atoms with E-state index in [4.69, 9.17) is 14.2 Å². The lowest BCUT2D eigenvalue weighted by Gasteiger charge is -2.14. The van der Waals surface area contributed by atoms with Crippen LogP contribution < -0.4 is 14.8 Å². The zero-order chi connectivity index (χ0) is 15.4. The molecule has 1 heterocycles. The van der Waals surface area contributed by atoms with Crippen LogP contribution in [0.15, 0.2) is 48.5 Å². The van der Waals surface area contributed by atoms with Crippen LogP contribution in [0.5, 0.6) is 11.5 Å². The van der Waals surface area contributed by atoms with E-state index in [1.54, 1.807) is 7.11 Å². The number of methoxy groups -OCH3 is 1. The van der Waals surface area contributed by atoms with Crippen molar-refractivity contribution in [3.05, 3.63) is 59.7 Å². The van der Waals surface area contributed by atoms with Crippen LogP contribution in [0.4, 0.5) is 4.79 Å². The lowest BCUT2D eigenvalue weighted by Crippen LogP contribution is -2.18. The van der Waals surface area contributed by atoms with Crippen LogP contribution in [0, 0.1) is 0 Å². The van der Waals surface area contributed by atoms with Gasteiger partial charge in [0.25, 0.3) is 0 Å². The summed E-state index contributed by atoms with van der Waals surface area (Å²) in [6, 6.07) is 15.4. The molecule has 2 aromatic carbocycles. The van der Waals surface area contributed by atoms with Gasteiger partial charge >= 0.3 is 6.09 Å². The van der Waals surface area contributed by atoms with Gasteiger partial charge in [-0.3, -0.25) is 0 Å². The smallest absolute Gasteiger partial charge is 0.407 e. The largest absolute Gasteiger partial charge is 0.493 e. The highest BCUT2D eigenvalue weighted by Gasteiger charge is 2.24. The molecule has 0 saturated carbocycles. The molecule has 1 atom stereocenters. The Morgan fingerprint density at radius 2 is 2.00 bits per heavy atom. The van der Waals surface area contributed by atoms with Crippen LogP contribution in [0.1, 0.15) is 17.2 Å². The van der Waals surface area contributed by atoms with E-state index in [9.17, 15) is 4.79 Å². The lowest BCUT2D eigenvalue weighted by atomic mass is 10.1. The number of rotatable bonds is 5. The standard InChI is InChI=1S/C17H17NO4/c1-20-15-8-7-13(14-11-22-17(19)18-14)9-16(15)21-10-12-5-3-2-4-6-12/h2-9,14H,10-11H2,1H3,(H,18,19)/t14-/m1/s1. The van der Waals surface area contributed by atoms with E-state index in [0.717, 1.165) is 11.1 Å². The molecule has 1 saturated heterocycles. The average molecular weight is 299 g/mol. The summed E-state index contributed by atoms with van der Waals surface area (Å²) >= 11 is 0. The first kappa shape index (κ1) is 14.3. The minimum atomic E-state index is -0.396. The molecule has 1 aliphatic rings. The normalized spacial score (nSPS) is 16.8. The van der Waals surface area contributed by atoms with Crippen molar-refractivity contribution in [1.29, 1.82) is 0 Å². The summed E-state index contributed by atoms with van der Waals surface area (Å²) in [5, 5.41) is 2.75. The summed E-state index contributed by atoms with van der Waals surface area (Å²) in [4.78, 5) is 11.2. The second-order valence-corrected chi connectivity index (χ2v) is 4.98. The van der Waals surface area contributed by atoms with Crippen molar-refractivity contribution in [2.75, 3.05) is 13.7 Å². The van der Waals surface area contributed by atoms with Crippen molar-refractivity contribution in [2.24, 2.45) is 0 Å². The number of ether oxygens (including phenoxy) is 3. The maximum absolute atomic E-state index is 11.2. The summed E-state index contributed by atoms with van der Waals surface area (Å²) in [5.74, 6) is 1.30. The number of nitrogens with one attached hydrogen (secondary N) is 1. The van der Waals surface area contributed by atoms with Crippen molar-refractivity contribution in [2.45, 2.75) is 12.6 Å². The maximum atomic E-state index is 11.2. The molecule has 1 amide bonds. The van der Waals surface area contributed by atoms with Gasteiger partial charge in [0, 0.05) is 0 Å². The molecule has 0 radical (unpaired) electrons. The van der Waals surface area contributed by atoms with Crippen molar-refractivity contribution in [3.8, 4) is 11.5 Å². The first-order chi connectivity index (χ1) is 10.8. The second-order valence-electron chi connectivity index (χ2n) is 4.98. The fraction of sp³-hybridized carbons (Fsp3) is 0.235. The Kier molecular flexibility index (Phi) is 4.14. The van der Waals surface area contributed by atoms with Gasteiger partial charge in [0.15, 0.2) is 11.5 Å². The quantitative estimate of drug-likeness (QED) is 0.922. The van der Waals surface area contributed by atoms with E-state index in [2.05, 4.69) is 5.32 Å². The molecule has 2 aromatic rings. The van der Waals surface area contributed by atoms with Crippen molar-refractivity contribution < 1.29 is 19.0 Å². The van der Waals surface area contributed by atoms with Gasteiger partial charge in [-0.25, -0.2) is 4.79 Å². The zero-order valence-corrected chi connectivity index (χ0v) is 12.2. The Labute approximate surface area is 128 Å². The number of carbonyl (C=O) groups excluding carboxylic acids is 1. The van der Waals surface area contributed by atoms with E-state index in [-0.39, 0.29) is 6.04 Å². The molecule has 22 heavy (non-hydrogen) atoms. The Balaban J connectivity index is 1.77. The first-order valence-corrected chi connectivity index (χ1v) is 7.04. The van der Waals surface area contributed by atoms with Crippen LogP contribution in [0.3, 0.4) is 0 Å². The minimum absolute atomic E-state index is 0.155. The topological polar surface area (TPSA) is 56.8 Å². The number of cyclic esters (lactones) is 1. The van der Waals surface area contributed by atoms with E-state index in [1.807, 2.05) is 48.5 Å². The van der Waals surface area contributed by atoms with Crippen LogP contribution in [-0.4, -0.2) is 19.8 Å². The molecule has 114 valence electrons. The van der Waals surface area contributed by atoms with Crippen molar-refractivity contribution in [3.63, 3.8) is 0 Å². The van der Waals surface area contributed by atoms with Gasteiger partial charge in [0.05, 0.1) is 13.2 Å². The summed E-state index contributed by atoms with van der Waals surface area (Å²) in [6.07, 6.45) is -0.396. The summed E-state index contributed by atoms with van der Waals surface area (Å²) in [5.41, 5.74) is 2.00. The summed E-state index contributed by atoms with van der Waals surface area (Å²) in [7, 11) is 1.60. The molecular formula is C17H17NO4.